The van der Waals surface area contributed by atoms with E-state index in [0.717, 1.165) is 5.69 Å². The van der Waals surface area contributed by atoms with Crippen LogP contribution in [0.15, 0.2) is 97.1 Å². The first kappa shape index (κ1) is 27.4. The lowest BCUT2D eigenvalue weighted by Gasteiger charge is -2.31. The van der Waals surface area contributed by atoms with Crippen molar-refractivity contribution < 1.29 is 18.4 Å². The number of amides is 2. The molecule has 10 heteroatoms. The van der Waals surface area contributed by atoms with E-state index < -0.39 is 29.5 Å². The number of carbonyl (C=O) groups excluding carboxylic acids is 2. The number of para-hydroxylation sites is 1. The van der Waals surface area contributed by atoms with Gasteiger partial charge in [0.2, 0.25) is 5.91 Å². The number of fused-ring (bicyclic) bond motifs is 1. The van der Waals surface area contributed by atoms with Gasteiger partial charge in [-0.15, -0.1) is 5.10 Å². The van der Waals surface area contributed by atoms with Crippen LogP contribution in [0.25, 0.3) is 11.0 Å². The largest absolute Gasteiger partial charge is 0.378 e. The molecule has 5 rings (SSSR count). The standard InChI is InChI=1S/C31H28F2N6O2/c1-37(2)26-16-14-25(15-17-26)34-31(41)30(22-6-5-7-24(33)18-22)38(19-21-10-12-23(32)13-11-21)29(40)20-39-28-9-4-3-8-27(28)35-36-39/h3-18,30H,19-20H2,1-2H3,(H,34,41). The highest BCUT2D eigenvalue weighted by Gasteiger charge is 2.32. The molecular weight excluding hydrogens is 526 g/mol. The lowest BCUT2D eigenvalue weighted by Crippen LogP contribution is -2.42. The molecule has 2 amide bonds. The predicted molar refractivity (Wildman–Crippen MR) is 153 cm³/mol. The van der Waals surface area contributed by atoms with E-state index in [1.807, 2.05) is 43.3 Å². The summed E-state index contributed by atoms with van der Waals surface area (Å²) in [5.74, 6) is -1.97. The number of nitrogens with zero attached hydrogens (tertiary/aromatic N) is 5. The number of hydrogen-bond acceptors (Lipinski definition) is 5. The third-order valence-electron chi connectivity index (χ3n) is 6.67. The fourth-order valence-corrected chi connectivity index (χ4v) is 4.57. The van der Waals surface area contributed by atoms with E-state index in [1.54, 1.807) is 42.5 Å². The van der Waals surface area contributed by atoms with E-state index >= 15 is 0 Å². The second kappa shape index (κ2) is 12.0. The average molecular weight is 555 g/mol. The van der Waals surface area contributed by atoms with Crippen LogP contribution in [0.5, 0.6) is 0 Å². The zero-order valence-corrected chi connectivity index (χ0v) is 22.5. The van der Waals surface area contributed by atoms with Gasteiger partial charge >= 0.3 is 0 Å². The van der Waals surface area contributed by atoms with Crippen LogP contribution in [-0.2, 0) is 22.7 Å². The van der Waals surface area contributed by atoms with Crippen molar-refractivity contribution in [2.45, 2.75) is 19.1 Å². The lowest BCUT2D eigenvalue weighted by atomic mass is 10.0. The van der Waals surface area contributed by atoms with Crippen LogP contribution in [0.4, 0.5) is 20.2 Å². The van der Waals surface area contributed by atoms with Gasteiger partial charge < -0.3 is 15.1 Å². The van der Waals surface area contributed by atoms with Crippen molar-refractivity contribution in [2.24, 2.45) is 0 Å². The molecule has 0 radical (unpaired) electrons. The van der Waals surface area contributed by atoms with Crippen molar-refractivity contribution in [3.63, 3.8) is 0 Å². The van der Waals surface area contributed by atoms with E-state index in [2.05, 4.69) is 15.6 Å². The number of carbonyl (C=O) groups is 2. The maximum Gasteiger partial charge on any atom is 0.251 e. The summed E-state index contributed by atoms with van der Waals surface area (Å²) in [5.41, 5.74) is 3.59. The number of aromatic nitrogens is 3. The molecule has 1 aromatic heterocycles. The maximum atomic E-state index is 14.4. The summed E-state index contributed by atoms with van der Waals surface area (Å²) in [6.45, 7) is -0.266. The number of anilines is 2. The van der Waals surface area contributed by atoms with Gasteiger partial charge in [0.15, 0.2) is 0 Å². The third-order valence-corrected chi connectivity index (χ3v) is 6.67. The van der Waals surface area contributed by atoms with Gasteiger partial charge in [-0.1, -0.05) is 41.6 Å². The van der Waals surface area contributed by atoms with Crippen LogP contribution in [0.1, 0.15) is 17.2 Å². The van der Waals surface area contributed by atoms with Crippen LogP contribution < -0.4 is 10.2 Å². The minimum Gasteiger partial charge on any atom is -0.378 e. The van der Waals surface area contributed by atoms with E-state index in [9.17, 15) is 18.4 Å². The highest BCUT2D eigenvalue weighted by atomic mass is 19.1. The van der Waals surface area contributed by atoms with Crippen molar-refractivity contribution in [2.75, 3.05) is 24.3 Å². The monoisotopic (exact) mass is 554 g/mol. The minimum absolute atomic E-state index is 0.0418. The summed E-state index contributed by atoms with van der Waals surface area (Å²) in [5, 5.41) is 11.1. The molecule has 4 aromatic carbocycles. The first-order valence-electron chi connectivity index (χ1n) is 12.9. The Morgan fingerprint density at radius 2 is 1.61 bits per heavy atom. The Balaban J connectivity index is 1.54. The first-order chi connectivity index (χ1) is 19.8. The van der Waals surface area contributed by atoms with Crippen LogP contribution in [-0.4, -0.2) is 45.8 Å². The molecule has 0 bridgehead atoms. The fourth-order valence-electron chi connectivity index (χ4n) is 4.57. The molecule has 0 spiro atoms. The lowest BCUT2D eigenvalue weighted by molar-refractivity contribution is -0.140. The number of benzene rings is 4. The van der Waals surface area contributed by atoms with Crippen molar-refractivity contribution in [3.8, 4) is 0 Å². The topological polar surface area (TPSA) is 83.4 Å². The first-order valence-corrected chi connectivity index (χ1v) is 12.9. The zero-order chi connectivity index (χ0) is 28.9. The third kappa shape index (κ3) is 6.38. The molecule has 0 aliphatic heterocycles. The molecule has 0 aliphatic rings. The molecule has 41 heavy (non-hydrogen) atoms. The Hall–Kier alpha value is -5.12. The van der Waals surface area contributed by atoms with Gasteiger partial charge in [-0.2, -0.15) is 0 Å². The van der Waals surface area contributed by atoms with E-state index in [4.69, 9.17) is 0 Å². The molecule has 8 nitrogen and oxygen atoms in total. The second-order valence-corrected chi connectivity index (χ2v) is 9.77. The number of rotatable bonds is 9. The Morgan fingerprint density at radius 1 is 0.878 bits per heavy atom. The van der Waals surface area contributed by atoms with Gasteiger partial charge in [0.05, 0.1) is 5.52 Å². The Bertz CT molecular complexity index is 1670. The number of nitrogens with one attached hydrogen (secondary N) is 1. The number of hydrogen-bond donors (Lipinski definition) is 1. The Kier molecular flexibility index (Phi) is 8.00. The molecule has 1 atom stereocenters. The predicted octanol–water partition coefficient (Wildman–Crippen LogP) is 5.18. The average Bonchev–Trinajstić information content (AvgIpc) is 3.36. The molecule has 1 unspecified atom stereocenters. The van der Waals surface area contributed by atoms with Crippen molar-refractivity contribution in [1.29, 1.82) is 0 Å². The highest BCUT2D eigenvalue weighted by Crippen LogP contribution is 2.27. The van der Waals surface area contributed by atoms with Gasteiger partial charge in [0.25, 0.3) is 5.91 Å². The van der Waals surface area contributed by atoms with Gasteiger partial charge in [0, 0.05) is 32.0 Å². The molecule has 0 fully saturated rings. The summed E-state index contributed by atoms with van der Waals surface area (Å²) in [7, 11) is 3.82. The van der Waals surface area contributed by atoms with E-state index in [0.29, 0.717) is 22.3 Å². The summed E-state index contributed by atoms with van der Waals surface area (Å²) >= 11 is 0. The Morgan fingerprint density at radius 3 is 2.32 bits per heavy atom. The normalized spacial score (nSPS) is 11.7. The summed E-state index contributed by atoms with van der Waals surface area (Å²) in [6.07, 6.45) is 0. The summed E-state index contributed by atoms with van der Waals surface area (Å²) in [4.78, 5) is 31.2. The molecule has 1 heterocycles. The zero-order valence-electron chi connectivity index (χ0n) is 22.5. The van der Waals surface area contributed by atoms with E-state index in [1.165, 1.54) is 39.9 Å². The SMILES string of the molecule is CN(C)c1ccc(NC(=O)C(c2cccc(F)c2)N(Cc2ccc(F)cc2)C(=O)Cn2nnc3ccccc32)cc1. The molecule has 0 saturated carbocycles. The minimum atomic E-state index is -1.22. The van der Waals surface area contributed by atoms with Gasteiger partial charge in [-0.05, 0) is 71.8 Å². The van der Waals surface area contributed by atoms with Gasteiger partial charge in [-0.25, -0.2) is 13.5 Å². The van der Waals surface area contributed by atoms with Gasteiger partial charge in [0.1, 0.15) is 29.7 Å². The van der Waals surface area contributed by atoms with Crippen LogP contribution >= 0.6 is 0 Å². The molecule has 0 saturated heterocycles. The molecule has 1 N–H and O–H groups in total. The van der Waals surface area contributed by atoms with Crippen LogP contribution in [0.2, 0.25) is 0 Å². The molecule has 0 aliphatic carbocycles. The summed E-state index contributed by atoms with van der Waals surface area (Å²) in [6, 6.07) is 24.4. The highest BCUT2D eigenvalue weighted by molar-refractivity contribution is 5.98. The summed E-state index contributed by atoms with van der Waals surface area (Å²) < 4.78 is 29.6. The van der Waals surface area contributed by atoms with Crippen molar-refractivity contribution >= 4 is 34.2 Å². The van der Waals surface area contributed by atoms with Crippen LogP contribution in [0.3, 0.4) is 0 Å². The molecule has 5 aromatic rings. The Labute approximate surface area is 235 Å². The second-order valence-electron chi connectivity index (χ2n) is 9.77. The fraction of sp³-hybridized carbons (Fsp3) is 0.161. The quantitative estimate of drug-likeness (QED) is 0.271. The smallest absolute Gasteiger partial charge is 0.251 e. The van der Waals surface area contributed by atoms with Crippen LogP contribution in [0, 0.1) is 11.6 Å². The maximum absolute atomic E-state index is 14.4. The van der Waals surface area contributed by atoms with Crippen molar-refractivity contribution in [1.82, 2.24) is 19.9 Å². The van der Waals surface area contributed by atoms with Gasteiger partial charge in [-0.3, -0.25) is 9.59 Å². The number of halogens is 2. The van der Waals surface area contributed by atoms with Crippen molar-refractivity contribution in [3.05, 3.63) is 120 Å². The molecular formula is C31H28F2N6O2. The molecule has 208 valence electrons. The van der Waals surface area contributed by atoms with E-state index in [-0.39, 0.29) is 18.7 Å².